The van der Waals surface area contributed by atoms with Crippen molar-refractivity contribution in [1.29, 1.82) is 0 Å². The molecule has 21 heavy (non-hydrogen) atoms. The number of allylic oxidation sites excluding steroid dienone is 2. The Balaban J connectivity index is 2.47. The standard InChI is InChI=1S/C16H28N2O3/c1-5-6-7-10-16(12-17-18-14(16)20)11-8-9-13(19)21-15(2,3)4/h5-6,17H,7-12H2,1-4H3,(H,18,20)/b6-5+. The van der Waals surface area contributed by atoms with E-state index in [0.717, 1.165) is 12.8 Å². The Hall–Kier alpha value is -1.36. The molecular formula is C16H28N2O3. The first-order valence-electron chi connectivity index (χ1n) is 7.65. The van der Waals surface area contributed by atoms with E-state index in [1.54, 1.807) is 0 Å². The number of hydrogen-bond acceptors (Lipinski definition) is 4. The molecule has 2 N–H and O–H groups in total. The smallest absolute Gasteiger partial charge is 0.306 e. The quantitative estimate of drug-likeness (QED) is 0.559. The number of carbonyl (C=O) groups excluding carboxylic acids is 2. The third kappa shape index (κ3) is 5.87. The molecule has 1 heterocycles. The average Bonchev–Trinajstić information content (AvgIpc) is 2.69. The molecule has 5 heteroatoms. The number of rotatable bonds is 7. The molecule has 5 nitrogen and oxygen atoms in total. The zero-order valence-corrected chi connectivity index (χ0v) is 13.6. The summed E-state index contributed by atoms with van der Waals surface area (Å²) in [6.45, 7) is 8.17. The van der Waals surface area contributed by atoms with Crippen molar-refractivity contribution >= 4 is 11.9 Å². The zero-order valence-electron chi connectivity index (χ0n) is 13.6. The lowest BCUT2D eigenvalue weighted by Gasteiger charge is -2.25. The van der Waals surface area contributed by atoms with Crippen molar-refractivity contribution in [3.05, 3.63) is 12.2 Å². The maximum absolute atomic E-state index is 12.1. The molecule has 1 fully saturated rings. The largest absolute Gasteiger partial charge is 0.460 e. The number of esters is 1. The molecule has 0 aromatic heterocycles. The fourth-order valence-electron chi connectivity index (χ4n) is 2.53. The second-order valence-electron chi connectivity index (χ2n) is 6.64. The number of ether oxygens (including phenoxy) is 1. The minimum Gasteiger partial charge on any atom is -0.460 e. The van der Waals surface area contributed by atoms with Crippen LogP contribution < -0.4 is 10.9 Å². The predicted octanol–water partition coefficient (Wildman–Crippen LogP) is 2.48. The lowest BCUT2D eigenvalue weighted by Crippen LogP contribution is -2.33. The molecule has 0 aliphatic carbocycles. The Bertz CT molecular complexity index is 399. The molecule has 1 aliphatic rings. The molecule has 120 valence electrons. The number of amides is 1. The van der Waals surface area contributed by atoms with Gasteiger partial charge in [-0.3, -0.25) is 15.0 Å². The predicted molar refractivity (Wildman–Crippen MR) is 82.3 cm³/mol. The van der Waals surface area contributed by atoms with Crippen LogP contribution in [0.25, 0.3) is 0 Å². The molecule has 0 aromatic rings. The number of hydrogen-bond donors (Lipinski definition) is 2. The maximum atomic E-state index is 12.1. The van der Waals surface area contributed by atoms with Crippen LogP contribution in [0.15, 0.2) is 12.2 Å². The van der Waals surface area contributed by atoms with Gasteiger partial charge in [-0.2, -0.15) is 0 Å². The number of hydrazine groups is 1. The normalized spacial score (nSPS) is 22.6. The Morgan fingerprint density at radius 1 is 1.38 bits per heavy atom. The summed E-state index contributed by atoms with van der Waals surface area (Å²) in [6.07, 6.45) is 7.46. The molecule has 0 saturated carbocycles. The molecule has 1 amide bonds. The van der Waals surface area contributed by atoms with E-state index in [4.69, 9.17) is 4.74 Å². The summed E-state index contributed by atoms with van der Waals surface area (Å²) in [5, 5.41) is 0. The van der Waals surface area contributed by atoms with Gasteiger partial charge in [0.25, 0.3) is 0 Å². The van der Waals surface area contributed by atoms with Gasteiger partial charge in [0.1, 0.15) is 5.60 Å². The third-order valence-corrected chi connectivity index (χ3v) is 3.59. The highest BCUT2D eigenvalue weighted by molar-refractivity contribution is 5.84. The van der Waals surface area contributed by atoms with Crippen LogP contribution in [-0.2, 0) is 14.3 Å². The lowest BCUT2D eigenvalue weighted by atomic mass is 9.78. The van der Waals surface area contributed by atoms with Crippen LogP contribution in [-0.4, -0.2) is 24.0 Å². The molecule has 1 atom stereocenters. The van der Waals surface area contributed by atoms with E-state index in [1.807, 2.05) is 33.8 Å². The maximum Gasteiger partial charge on any atom is 0.306 e. The zero-order chi connectivity index (χ0) is 15.9. The summed E-state index contributed by atoms with van der Waals surface area (Å²) in [6, 6.07) is 0. The van der Waals surface area contributed by atoms with Crippen molar-refractivity contribution in [2.24, 2.45) is 5.41 Å². The van der Waals surface area contributed by atoms with Crippen molar-refractivity contribution in [3.63, 3.8) is 0 Å². The second kappa shape index (κ2) is 7.59. The van der Waals surface area contributed by atoms with Gasteiger partial charge < -0.3 is 4.74 Å². The Labute approximate surface area is 127 Å². The van der Waals surface area contributed by atoms with E-state index >= 15 is 0 Å². The molecule has 0 radical (unpaired) electrons. The second-order valence-corrected chi connectivity index (χ2v) is 6.64. The molecule has 1 aliphatic heterocycles. The van der Waals surface area contributed by atoms with Gasteiger partial charge in [0.05, 0.1) is 5.41 Å². The highest BCUT2D eigenvalue weighted by Crippen LogP contribution is 2.32. The minimum atomic E-state index is -0.451. The summed E-state index contributed by atoms with van der Waals surface area (Å²) in [5.74, 6) is -0.159. The Morgan fingerprint density at radius 2 is 2.10 bits per heavy atom. The van der Waals surface area contributed by atoms with E-state index in [-0.39, 0.29) is 11.9 Å². The topological polar surface area (TPSA) is 67.4 Å². The summed E-state index contributed by atoms with van der Waals surface area (Å²) in [4.78, 5) is 23.8. The van der Waals surface area contributed by atoms with Gasteiger partial charge in [0.15, 0.2) is 0 Å². The number of carbonyl (C=O) groups is 2. The van der Waals surface area contributed by atoms with Gasteiger partial charge in [0.2, 0.25) is 5.91 Å². The van der Waals surface area contributed by atoms with Gasteiger partial charge >= 0.3 is 5.97 Å². The van der Waals surface area contributed by atoms with Crippen molar-refractivity contribution in [2.45, 2.75) is 65.4 Å². The van der Waals surface area contributed by atoms with Crippen molar-refractivity contribution in [3.8, 4) is 0 Å². The van der Waals surface area contributed by atoms with Gasteiger partial charge in [-0.25, -0.2) is 5.43 Å². The lowest BCUT2D eigenvalue weighted by molar-refractivity contribution is -0.155. The van der Waals surface area contributed by atoms with E-state index in [9.17, 15) is 9.59 Å². The third-order valence-electron chi connectivity index (χ3n) is 3.59. The highest BCUT2D eigenvalue weighted by Gasteiger charge is 2.41. The van der Waals surface area contributed by atoms with E-state index in [1.165, 1.54) is 0 Å². The van der Waals surface area contributed by atoms with Crippen molar-refractivity contribution < 1.29 is 14.3 Å². The Morgan fingerprint density at radius 3 is 2.62 bits per heavy atom. The average molecular weight is 296 g/mol. The Kier molecular flexibility index (Phi) is 6.40. The highest BCUT2D eigenvalue weighted by atomic mass is 16.6. The number of nitrogens with one attached hydrogen (secondary N) is 2. The van der Waals surface area contributed by atoms with Crippen molar-refractivity contribution in [1.82, 2.24) is 10.9 Å². The summed E-state index contributed by atoms with van der Waals surface area (Å²) in [5.41, 5.74) is 4.76. The fourth-order valence-corrected chi connectivity index (χ4v) is 2.53. The first-order chi connectivity index (χ1) is 9.79. The minimum absolute atomic E-state index is 0.0381. The van der Waals surface area contributed by atoms with Crippen LogP contribution in [0, 0.1) is 5.41 Å². The fraction of sp³-hybridized carbons (Fsp3) is 0.750. The SMILES string of the molecule is C/C=C/CCC1(CCCC(=O)OC(C)(C)C)CNNC1=O. The molecule has 1 unspecified atom stereocenters. The van der Waals surface area contributed by atoms with E-state index < -0.39 is 11.0 Å². The monoisotopic (exact) mass is 296 g/mol. The summed E-state index contributed by atoms with van der Waals surface area (Å²) < 4.78 is 5.29. The van der Waals surface area contributed by atoms with Gasteiger partial charge in [-0.1, -0.05) is 12.2 Å². The van der Waals surface area contributed by atoms with Gasteiger partial charge in [-0.15, -0.1) is 0 Å². The van der Waals surface area contributed by atoms with Crippen LogP contribution in [0.2, 0.25) is 0 Å². The van der Waals surface area contributed by atoms with E-state index in [2.05, 4.69) is 16.9 Å². The van der Waals surface area contributed by atoms with Crippen LogP contribution in [0.3, 0.4) is 0 Å². The molecule has 0 aromatic carbocycles. The van der Waals surface area contributed by atoms with Gasteiger partial charge in [-0.05, 0) is 53.4 Å². The van der Waals surface area contributed by atoms with E-state index in [0.29, 0.717) is 25.8 Å². The summed E-state index contributed by atoms with van der Waals surface area (Å²) in [7, 11) is 0. The molecule has 0 bridgehead atoms. The molecule has 1 rings (SSSR count). The van der Waals surface area contributed by atoms with Crippen LogP contribution in [0.1, 0.15) is 59.8 Å². The van der Waals surface area contributed by atoms with Gasteiger partial charge in [0, 0.05) is 13.0 Å². The molecular weight excluding hydrogens is 268 g/mol. The summed E-state index contributed by atoms with van der Waals surface area (Å²) >= 11 is 0. The first kappa shape index (κ1) is 17.7. The molecule has 1 saturated heterocycles. The van der Waals surface area contributed by atoms with Crippen LogP contribution in [0.5, 0.6) is 0 Å². The van der Waals surface area contributed by atoms with Crippen molar-refractivity contribution in [2.75, 3.05) is 6.54 Å². The first-order valence-corrected chi connectivity index (χ1v) is 7.65. The molecule has 0 spiro atoms. The van der Waals surface area contributed by atoms with Crippen LogP contribution >= 0.6 is 0 Å². The van der Waals surface area contributed by atoms with Crippen LogP contribution in [0.4, 0.5) is 0 Å².